The molecule has 8 aromatic carbocycles. The topological polar surface area (TPSA) is 0 Å². The molecule has 1 aromatic heterocycles. The minimum absolute atomic E-state index is 0.101. The van der Waals surface area contributed by atoms with E-state index in [-0.39, 0.29) is 47.7 Å². The van der Waals surface area contributed by atoms with E-state index in [4.69, 9.17) is 9.60 Å². The molecule has 0 aliphatic carbocycles. The second kappa shape index (κ2) is 9.66. The lowest BCUT2D eigenvalue weighted by atomic mass is 9.91. The van der Waals surface area contributed by atoms with E-state index in [2.05, 4.69) is 91.0 Å². The van der Waals surface area contributed by atoms with E-state index in [1.54, 1.807) is 0 Å². The molecule has 1 heteroatoms. The Balaban J connectivity index is 1.15. The third-order valence-corrected chi connectivity index (χ3v) is 9.51. The van der Waals surface area contributed by atoms with Gasteiger partial charge < -0.3 is 0 Å². The highest BCUT2D eigenvalue weighted by molar-refractivity contribution is 7.26. The van der Waals surface area contributed by atoms with Crippen molar-refractivity contribution in [2.75, 3.05) is 0 Å². The number of benzene rings is 8. The molecule has 0 nitrogen and oxygen atoms in total. The van der Waals surface area contributed by atoms with Gasteiger partial charge in [-0.15, -0.1) is 11.3 Å². The highest BCUT2D eigenvalue weighted by Gasteiger charge is 2.12. The van der Waals surface area contributed by atoms with Gasteiger partial charge in [0.2, 0.25) is 0 Å². The molecule has 1 heterocycles. The number of hydrogen-bond donors (Lipinski definition) is 0. The Kier molecular flexibility index (Phi) is 4.12. The molecule has 0 saturated heterocycles. The first-order valence-corrected chi connectivity index (χ1v) is 15.0. The molecule has 0 radical (unpaired) electrons. The summed E-state index contributed by atoms with van der Waals surface area (Å²) in [5, 5.41) is 7.92. The molecule has 0 aliphatic rings. The van der Waals surface area contributed by atoms with Gasteiger partial charge in [0.1, 0.15) is 0 Å². The van der Waals surface area contributed by atoms with Crippen molar-refractivity contribution in [3.63, 3.8) is 0 Å². The van der Waals surface area contributed by atoms with Gasteiger partial charge in [0, 0.05) is 20.2 Å². The Morgan fingerprint density at radius 2 is 0.930 bits per heavy atom. The van der Waals surface area contributed by atoms with Crippen molar-refractivity contribution in [1.82, 2.24) is 0 Å². The molecule has 0 bridgehead atoms. The first-order valence-electron chi connectivity index (χ1n) is 17.7. The van der Waals surface area contributed by atoms with E-state index in [1.165, 1.54) is 32.3 Å². The molecule has 43 heavy (non-hydrogen) atoms. The maximum Gasteiger partial charge on any atom is 0.0638 e. The van der Waals surface area contributed by atoms with Crippen LogP contribution in [0.5, 0.6) is 0 Å². The fraction of sp³-hybridized carbons (Fsp3) is 0. The van der Waals surface area contributed by atoms with Crippen molar-refractivity contribution in [2.24, 2.45) is 0 Å². The molecule has 0 saturated carbocycles. The van der Waals surface area contributed by atoms with Gasteiger partial charge in [-0.2, -0.15) is 0 Å². The third-order valence-electron chi connectivity index (χ3n) is 8.38. The van der Waals surface area contributed by atoms with E-state index >= 15 is 0 Å². The Bertz CT molecular complexity index is 2860. The molecule has 0 amide bonds. The number of thiophene rings is 1. The van der Waals surface area contributed by atoms with Gasteiger partial charge in [-0.3, -0.25) is 0 Å². The second-order valence-corrected chi connectivity index (χ2v) is 11.8. The highest BCUT2D eigenvalue weighted by atomic mass is 32.1. The fourth-order valence-electron chi connectivity index (χ4n) is 6.33. The van der Waals surface area contributed by atoms with Crippen molar-refractivity contribution < 1.29 is 9.60 Å². The number of rotatable bonds is 3. The van der Waals surface area contributed by atoms with E-state index in [9.17, 15) is 0 Å². The van der Waals surface area contributed by atoms with Crippen LogP contribution in [0.3, 0.4) is 0 Å². The molecule has 9 rings (SSSR count). The predicted octanol–water partition coefficient (Wildman–Crippen LogP) is 12.5. The predicted molar refractivity (Wildman–Crippen MR) is 188 cm³/mol. The van der Waals surface area contributed by atoms with Gasteiger partial charge in [0.15, 0.2) is 0 Å². The Morgan fingerprint density at radius 1 is 0.372 bits per heavy atom. The largest absolute Gasteiger partial charge is 0.135 e. The van der Waals surface area contributed by atoms with Crippen LogP contribution in [-0.2, 0) is 0 Å². The molecule has 0 N–H and O–H groups in total. The minimum Gasteiger partial charge on any atom is -0.135 e. The summed E-state index contributed by atoms with van der Waals surface area (Å²) >= 11 is 1.15. The standard InChI is InChI=1S/C42H26S/c1-2-13-35-33(11-1)34-12-3-4-14-36(34)40-26-31(23-24-37(35)40)30-10-7-9-29(25-30)27-19-21-28(22-20-27)32-16-8-17-39-38-15-5-6-18-41(38)43-42(32)39/h1-26H/i5D,6D,8D,15D,16D,17D,18D. The summed E-state index contributed by atoms with van der Waals surface area (Å²) in [7, 11) is 0. The van der Waals surface area contributed by atoms with E-state index in [1.807, 2.05) is 24.3 Å². The lowest BCUT2D eigenvalue weighted by molar-refractivity contribution is 1.59. The van der Waals surface area contributed by atoms with Crippen LogP contribution in [0.2, 0.25) is 0 Å². The van der Waals surface area contributed by atoms with Crippen LogP contribution in [0.25, 0.3) is 85.9 Å². The zero-order valence-electron chi connectivity index (χ0n) is 29.9. The van der Waals surface area contributed by atoms with Crippen molar-refractivity contribution in [3.8, 4) is 33.4 Å². The molecule has 9 aromatic rings. The molecule has 0 unspecified atom stereocenters. The Morgan fingerprint density at radius 3 is 1.67 bits per heavy atom. The van der Waals surface area contributed by atoms with Crippen molar-refractivity contribution in [2.45, 2.75) is 0 Å². The summed E-state index contributed by atoms with van der Waals surface area (Å²) < 4.78 is 60.4. The van der Waals surface area contributed by atoms with Gasteiger partial charge in [-0.05, 0) is 83.9 Å². The van der Waals surface area contributed by atoms with E-state index in [0.29, 0.717) is 25.9 Å². The van der Waals surface area contributed by atoms with Gasteiger partial charge in [0.25, 0.3) is 0 Å². The Labute approximate surface area is 263 Å². The SMILES string of the molecule is [2H]c1c([2H])c([2H])c2c(sc3c(-c4ccc(-c5cccc(-c6ccc7c8ccccc8c8ccccc8c7c6)c5)cc4)c([2H])c([2H])c([2H])c32)c1[2H]. The summed E-state index contributed by atoms with van der Waals surface area (Å²) in [5.74, 6) is 0. The van der Waals surface area contributed by atoms with Crippen LogP contribution in [0.15, 0.2) is 158 Å². The van der Waals surface area contributed by atoms with Crippen LogP contribution >= 0.6 is 11.3 Å². The van der Waals surface area contributed by atoms with E-state index < -0.39 is 0 Å². The average molecular weight is 570 g/mol. The maximum absolute atomic E-state index is 8.85. The third kappa shape index (κ3) is 3.90. The van der Waals surface area contributed by atoms with Crippen LogP contribution in [0.1, 0.15) is 9.60 Å². The molecule has 200 valence electrons. The summed E-state index contributed by atoms with van der Waals surface area (Å²) in [6, 6.07) is 38.4. The zero-order valence-corrected chi connectivity index (χ0v) is 23.7. The molecular weight excluding hydrogens is 537 g/mol. The fourth-order valence-corrected chi connectivity index (χ4v) is 7.41. The summed E-state index contributed by atoms with van der Waals surface area (Å²) in [6.07, 6.45) is 0. The highest BCUT2D eigenvalue weighted by Crippen LogP contribution is 2.41. The molecule has 0 fully saturated rings. The molecule has 0 aliphatic heterocycles. The smallest absolute Gasteiger partial charge is 0.0638 e. The average Bonchev–Trinajstić information content (AvgIpc) is 3.56. The van der Waals surface area contributed by atoms with E-state index in [0.717, 1.165) is 33.6 Å². The summed E-state index contributed by atoms with van der Waals surface area (Å²) in [6.45, 7) is 0. The first kappa shape index (κ1) is 18.3. The van der Waals surface area contributed by atoms with Crippen LogP contribution in [-0.4, -0.2) is 0 Å². The van der Waals surface area contributed by atoms with Gasteiger partial charge in [-0.1, -0.05) is 139 Å². The van der Waals surface area contributed by atoms with Crippen molar-refractivity contribution in [3.05, 3.63) is 158 Å². The monoisotopic (exact) mass is 569 g/mol. The van der Waals surface area contributed by atoms with Gasteiger partial charge >= 0.3 is 0 Å². The van der Waals surface area contributed by atoms with Crippen LogP contribution in [0.4, 0.5) is 0 Å². The molecular formula is C42H26S. The lowest BCUT2D eigenvalue weighted by Gasteiger charge is -2.13. The zero-order chi connectivity index (χ0) is 34.4. The quantitative estimate of drug-likeness (QED) is 0.186. The second-order valence-electron chi connectivity index (χ2n) is 10.8. The summed E-state index contributed by atoms with van der Waals surface area (Å²) in [4.78, 5) is 0. The van der Waals surface area contributed by atoms with Crippen LogP contribution < -0.4 is 0 Å². The first-order chi connectivity index (χ1) is 24.2. The van der Waals surface area contributed by atoms with Crippen LogP contribution in [0, 0.1) is 0 Å². The van der Waals surface area contributed by atoms with Crippen molar-refractivity contribution in [1.29, 1.82) is 0 Å². The molecule has 0 spiro atoms. The van der Waals surface area contributed by atoms with Gasteiger partial charge in [-0.25, -0.2) is 0 Å². The number of fused-ring (bicyclic) bond motifs is 9. The van der Waals surface area contributed by atoms with Gasteiger partial charge in [0.05, 0.1) is 9.60 Å². The number of hydrogen-bond acceptors (Lipinski definition) is 1. The summed E-state index contributed by atoms with van der Waals surface area (Å²) in [5.41, 5.74) is 5.36. The molecule has 0 atom stereocenters. The minimum atomic E-state index is -0.373. The van der Waals surface area contributed by atoms with Crippen molar-refractivity contribution >= 4 is 63.8 Å². The maximum atomic E-state index is 8.85. The Hall–Kier alpha value is -5.24. The normalized spacial score (nSPS) is 14.0. The lowest BCUT2D eigenvalue weighted by Crippen LogP contribution is -1.86.